The first-order valence-corrected chi connectivity index (χ1v) is 6.99. The average Bonchev–Trinajstić information content (AvgIpc) is 2.46. The molecule has 0 N–H and O–H groups in total. The Morgan fingerprint density at radius 2 is 1.67 bits per heavy atom. The summed E-state index contributed by atoms with van der Waals surface area (Å²) in [5.41, 5.74) is 1.64. The van der Waals surface area contributed by atoms with E-state index >= 15 is 0 Å². The van der Waals surface area contributed by atoms with Crippen molar-refractivity contribution in [1.29, 1.82) is 0 Å². The van der Waals surface area contributed by atoms with Crippen LogP contribution in [0.3, 0.4) is 0 Å². The molecule has 3 nitrogen and oxygen atoms in total. The molecule has 110 valence electrons. The summed E-state index contributed by atoms with van der Waals surface area (Å²) in [5, 5.41) is 0. The molecule has 0 spiro atoms. The van der Waals surface area contributed by atoms with Crippen molar-refractivity contribution in [3.8, 4) is 11.5 Å². The minimum absolute atomic E-state index is 0.208. The molecule has 0 heterocycles. The number of methoxy groups -OCH3 is 2. The quantitative estimate of drug-likeness (QED) is 0.775. The Balaban J connectivity index is 2.53. The van der Waals surface area contributed by atoms with Gasteiger partial charge >= 0.3 is 0 Å². The minimum atomic E-state index is -0.401. The Bertz CT molecular complexity index is 698. The van der Waals surface area contributed by atoms with Gasteiger partial charge in [0.1, 0.15) is 5.82 Å². The second kappa shape index (κ2) is 6.26. The maximum absolute atomic E-state index is 13.1. The molecule has 2 aromatic rings. The van der Waals surface area contributed by atoms with Crippen LogP contribution in [0.1, 0.15) is 21.5 Å². The molecule has 2 aromatic carbocycles. The zero-order valence-electron chi connectivity index (χ0n) is 11.9. The van der Waals surface area contributed by atoms with Gasteiger partial charge in [-0.2, -0.15) is 0 Å². The van der Waals surface area contributed by atoms with E-state index in [4.69, 9.17) is 9.47 Å². The lowest BCUT2D eigenvalue weighted by Gasteiger charge is -2.12. The Morgan fingerprint density at radius 3 is 2.24 bits per heavy atom. The van der Waals surface area contributed by atoms with Crippen LogP contribution in [0.15, 0.2) is 34.8 Å². The van der Waals surface area contributed by atoms with Gasteiger partial charge in [0.15, 0.2) is 17.3 Å². The number of ether oxygens (including phenoxy) is 2. The minimum Gasteiger partial charge on any atom is -0.493 e. The van der Waals surface area contributed by atoms with Gasteiger partial charge in [0.05, 0.1) is 14.2 Å². The molecule has 0 bridgehead atoms. The number of aryl methyl sites for hydroxylation is 1. The number of halogens is 2. The van der Waals surface area contributed by atoms with Gasteiger partial charge in [0.2, 0.25) is 0 Å². The Hall–Kier alpha value is -1.88. The molecule has 5 heteroatoms. The fraction of sp³-hybridized carbons (Fsp3) is 0.188. The molecule has 0 saturated carbocycles. The molecular formula is C16H14BrFO3. The highest BCUT2D eigenvalue weighted by Crippen LogP contribution is 2.32. The van der Waals surface area contributed by atoms with E-state index in [0.29, 0.717) is 27.1 Å². The molecule has 0 aliphatic heterocycles. The molecule has 0 aliphatic rings. The number of hydrogen-bond donors (Lipinski definition) is 0. The SMILES string of the molecule is COc1cc(C)c(C(=O)c2ccc(F)cc2Br)cc1OC. The van der Waals surface area contributed by atoms with Crippen molar-refractivity contribution in [2.45, 2.75) is 6.92 Å². The lowest BCUT2D eigenvalue weighted by atomic mass is 9.98. The summed E-state index contributed by atoms with van der Waals surface area (Å²) in [6, 6.07) is 7.35. The largest absolute Gasteiger partial charge is 0.493 e. The molecular weight excluding hydrogens is 339 g/mol. The van der Waals surface area contributed by atoms with Crippen molar-refractivity contribution in [3.63, 3.8) is 0 Å². The first kappa shape index (κ1) is 15.5. The molecule has 0 atom stereocenters. The summed E-state index contributed by atoms with van der Waals surface area (Å²) in [6.45, 7) is 1.81. The second-order valence-electron chi connectivity index (χ2n) is 4.48. The van der Waals surface area contributed by atoms with Crippen LogP contribution < -0.4 is 9.47 Å². The van der Waals surface area contributed by atoms with Crippen LogP contribution in [0.2, 0.25) is 0 Å². The van der Waals surface area contributed by atoms with Gasteiger partial charge in [-0.1, -0.05) is 0 Å². The predicted octanol–water partition coefficient (Wildman–Crippen LogP) is 4.14. The van der Waals surface area contributed by atoms with Gasteiger partial charge in [-0.15, -0.1) is 0 Å². The zero-order valence-corrected chi connectivity index (χ0v) is 13.5. The van der Waals surface area contributed by atoms with Crippen LogP contribution in [0, 0.1) is 12.7 Å². The van der Waals surface area contributed by atoms with Crippen molar-refractivity contribution in [2.24, 2.45) is 0 Å². The van der Waals surface area contributed by atoms with Crippen molar-refractivity contribution in [3.05, 3.63) is 57.3 Å². The summed E-state index contributed by atoms with van der Waals surface area (Å²) in [6.07, 6.45) is 0. The third kappa shape index (κ3) is 3.08. The van der Waals surface area contributed by atoms with Crippen LogP contribution in [0.5, 0.6) is 11.5 Å². The molecule has 0 radical (unpaired) electrons. The van der Waals surface area contributed by atoms with Gasteiger partial charge in [-0.05, 0) is 58.7 Å². The van der Waals surface area contributed by atoms with E-state index in [-0.39, 0.29) is 5.78 Å². The Labute approximate surface area is 130 Å². The van der Waals surface area contributed by atoms with Crippen LogP contribution >= 0.6 is 15.9 Å². The predicted molar refractivity (Wildman–Crippen MR) is 81.8 cm³/mol. The first-order valence-electron chi connectivity index (χ1n) is 6.20. The lowest BCUT2D eigenvalue weighted by Crippen LogP contribution is -2.06. The molecule has 0 saturated heterocycles. The lowest BCUT2D eigenvalue weighted by molar-refractivity contribution is 0.103. The van der Waals surface area contributed by atoms with Crippen LogP contribution in [-0.2, 0) is 0 Å². The summed E-state index contributed by atoms with van der Waals surface area (Å²) in [4.78, 5) is 12.6. The van der Waals surface area contributed by atoms with Crippen LogP contribution in [-0.4, -0.2) is 20.0 Å². The summed E-state index contributed by atoms with van der Waals surface area (Å²) < 4.78 is 24.0. The summed E-state index contributed by atoms with van der Waals surface area (Å²) >= 11 is 3.22. The molecule has 0 fully saturated rings. The van der Waals surface area contributed by atoms with Gasteiger partial charge in [-0.25, -0.2) is 4.39 Å². The Morgan fingerprint density at radius 1 is 1.05 bits per heavy atom. The maximum Gasteiger partial charge on any atom is 0.194 e. The van der Waals surface area contributed by atoms with E-state index in [0.717, 1.165) is 5.56 Å². The molecule has 0 unspecified atom stereocenters. The van der Waals surface area contributed by atoms with Gasteiger partial charge in [0, 0.05) is 15.6 Å². The third-order valence-corrected chi connectivity index (χ3v) is 3.81. The van der Waals surface area contributed by atoms with Gasteiger partial charge < -0.3 is 9.47 Å². The fourth-order valence-corrected chi connectivity index (χ4v) is 2.57. The van der Waals surface area contributed by atoms with Crippen LogP contribution in [0.25, 0.3) is 0 Å². The van der Waals surface area contributed by atoms with E-state index < -0.39 is 5.82 Å². The van der Waals surface area contributed by atoms with Crippen molar-refractivity contribution in [2.75, 3.05) is 14.2 Å². The van der Waals surface area contributed by atoms with Gasteiger partial charge in [-0.3, -0.25) is 4.79 Å². The Kier molecular flexibility index (Phi) is 4.63. The number of carbonyl (C=O) groups is 1. The number of rotatable bonds is 4. The molecule has 2 rings (SSSR count). The average molecular weight is 353 g/mol. The smallest absolute Gasteiger partial charge is 0.194 e. The maximum atomic E-state index is 13.1. The second-order valence-corrected chi connectivity index (χ2v) is 5.33. The topological polar surface area (TPSA) is 35.5 Å². The summed E-state index contributed by atoms with van der Waals surface area (Å²) in [5.74, 6) is 0.428. The standard InChI is InChI=1S/C16H14BrFO3/c1-9-6-14(20-2)15(21-3)8-12(9)16(19)11-5-4-10(18)7-13(11)17/h4-8H,1-3H3. The highest BCUT2D eigenvalue weighted by molar-refractivity contribution is 9.10. The van der Waals surface area contributed by atoms with E-state index in [1.807, 2.05) is 6.92 Å². The highest BCUT2D eigenvalue weighted by atomic mass is 79.9. The fourth-order valence-electron chi connectivity index (χ4n) is 2.04. The van der Waals surface area contributed by atoms with Crippen molar-refractivity contribution < 1.29 is 18.7 Å². The number of carbonyl (C=O) groups excluding carboxylic acids is 1. The van der Waals surface area contributed by atoms with E-state index in [9.17, 15) is 9.18 Å². The zero-order chi connectivity index (χ0) is 15.6. The van der Waals surface area contributed by atoms with E-state index in [1.54, 1.807) is 12.1 Å². The first-order chi connectivity index (χ1) is 9.97. The highest BCUT2D eigenvalue weighted by Gasteiger charge is 2.18. The summed E-state index contributed by atoms with van der Waals surface area (Å²) in [7, 11) is 3.05. The normalized spacial score (nSPS) is 10.3. The number of hydrogen-bond acceptors (Lipinski definition) is 3. The monoisotopic (exact) mass is 352 g/mol. The number of benzene rings is 2. The van der Waals surface area contributed by atoms with E-state index in [1.165, 1.54) is 32.4 Å². The van der Waals surface area contributed by atoms with Crippen molar-refractivity contribution in [1.82, 2.24) is 0 Å². The van der Waals surface area contributed by atoms with Gasteiger partial charge in [0.25, 0.3) is 0 Å². The molecule has 0 amide bonds. The number of ketones is 1. The molecule has 21 heavy (non-hydrogen) atoms. The molecule has 0 aliphatic carbocycles. The van der Waals surface area contributed by atoms with Crippen LogP contribution in [0.4, 0.5) is 4.39 Å². The molecule has 0 aromatic heterocycles. The van der Waals surface area contributed by atoms with Crippen molar-refractivity contribution >= 4 is 21.7 Å². The third-order valence-electron chi connectivity index (χ3n) is 3.15. The van der Waals surface area contributed by atoms with E-state index in [2.05, 4.69) is 15.9 Å².